The number of nitrogens with two attached hydrogens (primary N) is 1. The lowest BCUT2D eigenvalue weighted by Crippen LogP contribution is -2.28. The highest BCUT2D eigenvalue weighted by atomic mass is 16.5. The Hall–Kier alpha value is -0.910. The average Bonchev–Trinajstić information content (AvgIpc) is 2.84. The van der Waals surface area contributed by atoms with E-state index in [4.69, 9.17) is 10.5 Å². The number of likely N-dealkylation sites (tertiary alicyclic amines) is 1. The standard InChI is InChI=1S/C10H18N4O/c1-15-10-7-13(4-2-11)6-9(10)14-5-3-12-8-14/h3,5,8-10H,2,4,6-7,11H2,1H3/t9-,10+/m0/s1. The van der Waals surface area contributed by atoms with E-state index in [0.717, 1.165) is 19.6 Å². The summed E-state index contributed by atoms with van der Waals surface area (Å²) in [7, 11) is 1.76. The van der Waals surface area contributed by atoms with E-state index >= 15 is 0 Å². The first kappa shape index (κ1) is 10.6. The van der Waals surface area contributed by atoms with Gasteiger partial charge in [0.25, 0.3) is 0 Å². The lowest BCUT2D eigenvalue weighted by molar-refractivity contribution is 0.0817. The molecule has 1 fully saturated rings. The van der Waals surface area contributed by atoms with E-state index in [1.165, 1.54) is 0 Å². The van der Waals surface area contributed by atoms with Gasteiger partial charge in [-0.3, -0.25) is 4.90 Å². The molecule has 0 bridgehead atoms. The lowest BCUT2D eigenvalue weighted by atomic mass is 10.2. The minimum absolute atomic E-state index is 0.241. The van der Waals surface area contributed by atoms with Gasteiger partial charge in [0.05, 0.1) is 18.5 Å². The molecule has 0 aliphatic carbocycles. The van der Waals surface area contributed by atoms with Gasteiger partial charge in [0.1, 0.15) is 0 Å². The summed E-state index contributed by atoms with van der Waals surface area (Å²) in [5.41, 5.74) is 5.56. The molecule has 5 nitrogen and oxygen atoms in total. The van der Waals surface area contributed by atoms with E-state index in [2.05, 4.69) is 14.5 Å². The van der Waals surface area contributed by atoms with Crippen molar-refractivity contribution in [2.24, 2.45) is 5.73 Å². The van der Waals surface area contributed by atoms with Crippen molar-refractivity contribution in [3.05, 3.63) is 18.7 Å². The molecule has 2 N–H and O–H groups in total. The van der Waals surface area contributed by atoms with Crippen molar-refractivity contribution in [2.75, 3.05) is 33.3 Å². The van der Waals surface area contributed by atoms with E-state index in [1.54, 1.807) is 13.3 Å². The van der Waals surface area contributed by atoms with E-state index in [1.807, 2.05) is 12.5 Å². The predicted octanol–water partition coefficient (Wildman–Crippen LogP) is -0.286. The number of hydrogen-bond donors (Lipinski definition) is 1. The van der Waals surface area contributed by atoms with Gasteiger partial charge in [-0.1, -0.05) is 0 Å². The molecule has 1 aliphatic heterocycles. The maximum Gasteiger partial charge on any atom is 0.0949 e. The first-order valence-corrected chi connectivity index (χ1v) is 5.28. The van der Waals surface area contributed by atoms with Crippen molar-refractivity contribution >= 4 is 0 Å². The molecule has 1 aliphatic rings. The Labute approximate surface area is 89.8 Å². The summed E-state index contributed by atoms with van der Waals surface area (Å²) < 4.78 is 7.61. The highest BCUT2D eigenvalue weighted by Gasteiger charge is 2.33. The van der Waals surface area contributed by atoms with E-state index in [-0.39, 0.29) is 6.10 Å². The molecule has 0 radical (unpaired) electrons. The van der Waals surface area contributed by atoms with Crippen LogP contribution in [0, 0.1) is 0 Å². The molecule has 2 atom stereocenters. The first-order chi connectivity index (χ1) is 7.35. The highest BCUT2D eigenvalue weighted by Crippen LogP contribution is 2.23. The molecule has 0 amide bonds. The van der Waals surface area contributed by atoms with Crippen molar-refractivity contribution in [1.82, 2.24) is 14.5 Å². The molecular formula is C10H18N4O. The Morgan fingerprint density at radius 1 is 1.53 bits per heavy atom. The molecule has 1 aromatic rings. The van der Waals surface area contributed by atoms with E-state index in [0.29, 0.717) is 12.6 Å². The van der Waals surface area contributed by atoms with E-state index in [9.17, 15) is 0 Å². The molecule has 0 saturated carbocycles. The van der Waals surface area contributed by atoms with Crippen LogP contribution < -0.4 is 5.73 Å². The largest absolute Gasteiger partial charge is 0.378 e. The minimum atomic E-state index is 0.241. The maximum atomic E-state index is 5.56. The third-order valence-electron chi connectivity index (χ3n) is 2.97. The van der Waals surface area contributed by atoms with Crippen LogP contribution in [0.15, 0.2) is 18.7 Å². The van der Waals surface area contributed by atoms with Crippen LogP contribution in [0.2, 0.25) is 0 Å². The molecule has 0 aromatic carbocycles. The summed E-state index contributed by atoms with van der Waals surface area (Å²) >= 11 is 0. The second kappa shape index (κ2) is 4.74. The van der Waals surface area contributed by atoms with Crippen molar-refractivity contribution in [2.45, 2.75) is 12.1 Å². The van der Waals surface area contributed by atoms with Crippen LogP contribution in [-0.4, -0.2) is 53.8 Å². The summed E-state index contributed by atoms with van der Waals surface area (Å²) in [5, 5.41) is 0. The molecule has 15 heavy (non-hydrogen) atoms. The first-order valence-electron chi connectivity index (χ1n) is 5.28. The summed E-state index contributed by atoms with van der Waals surface area (Å²) in [4.78, 5) is 6.40. The van der Waals surface area contributed by atoms with Crippen molar-refractivity contribution < 1.29 is 4.74 Å². The molecule has 5 heteroatoms. The van der Waals surface area contributed by atoms with Crippen LogP contribution in [0.1, 0.15) is 6.04 Å². The molecule has 1 aromatic heterocycles. The topological polar surface area (TPSA) is 56.3 Å². The predicted molar refractivity (Wildman–Crippen MR) is 57.6 cm³/mol. The fraction of sp³-hybridized carbons (Fsp3) is 0.700. The van der Waals surface area contributed by atoms with Crippen molar-refractivity contribution in [1.29, 1.82) is 0 Å². The van der Waals surface area contributed by atoms with Gasteiger partial charge in [-0.15, -0.1) is 0 Å². The third kappa shape index (κ3) is 2.19. The van der Waals surface area contributed by atoms with Crippen LogP contribution in [-0.2, 0) is 4.74 Å². The fourth-order valence-electron chi connectivity index (χ4n) is 2.18. The number of imidazole rings is 1. The summed E-state index contributed by atoms with van der Waals surface area (Å²) in [6.07, 6.45) is 5.88. The van der Waals surface area contributed by atoms with Crippen LogP contribution >= 0.6 is 0 Å². The maximum absolute atomic E-state index is 5.56. The van der Waals surface area contributed by atoms with Crippen molar-refractivity contribution in [3.8, 4) is 0 Å². The molecule has 84 valence electrons. The van der Waals surface area contributed by atoms with Gasteiger partial charge in [-0.2, -0.15) is 0 Å². The molecular weight excluding hydrogens is 192 g/mol. The summed E-state index contributed by atoms with van der Waals surface area (Å²) in [5.74, 6) is 0. The monoisotopic (exact) mass is 210 g/mol. The van der Waals surface area contributed by atoms with E-state index < -0.39 is 0 Å². The van der Waals surface area contributed by atoms with Gasteiger partial charge in [0, 0.05) is 45.7 Å². The smallest absolute Gasteiger partial charge is 0.0949 e. The van der Waals surface area contributed by atoms with Gasteiger partial charge in [0.15, 0.2) is 0 Å². The number of ether oxygens (including phenoxy) is 1. The van der Waals surface area contributed by atoms with Crippen LogP contribution in [0.5, 0.6) is 0 Å². The number of aromatic nitrogens is 2. The van der Waals surface area contributed by atoms with Gasteiger partial charge in [-0.05, 0) is 0 Å². The molecule has 0 unspecified atom stereocenters. The normalized spacial score (nSPS) is 27.3. The number of methoxy groups -OCH3 is 1. The van der Waals surface area contributed by atoms with Crippen LogP contribution in [0.4, 0.5) is 0 Å². The average molecular weight is 210 g/mol. The third-order valence-corrected chi connectivity index (χ3v) is 2.97. The lowest BCUT2D eigenvalue weighted by Gasteiger charge is -2.17. The number of nitrogens with zero attached hydrogens (tertiary/aromatic N) is 3. The number of rotatable bonds is 4. The molecule has 1 saturated heterocycles. The van der Waals surface area contributed by atoms with Crippen molar-refractivity contribution in [3.63, 3.8) is 0 Å². The molecule has 2 rings (SSSR count). The Morgan fingerprint density at radius 3 is 3.00 bits per heavy atom. The second-order valence-corrected chi connectivity index (χ2v) is 3.90. The van der Waals surface area contributed by atoms with Gasteiger partial charge >= 0.3 is 0 Å². The SMILES string of the molecule is CO[C@@H]1CN(CCN)C[C@@H]1n1ccnc1. The minimum Gasteiger partial charge on any atom is -0.378 e. The van der Waals surface area contributed by atoms with Crippen LogP contribution in [0.3, 0.4) is 0 Å². The highest BCUT2D eigenvalue weighted by molar-refractivity contribution is 4.92. The van der Waals surface area contributed by atoms with Gasteiger partial charge < -0.3 is 15.0 Å². The number of hydrogen-bond acceptors (Lipinski definition) is 4. The zero-order valence-corrected chi connectivity index (χ0v) is 9.04. The summed E-state index contributed by atoms with van der Waals surface area (Å²) in [6, 6.07) is 0.365. The van der Waals surface area contributed by atoms with Crippen LogP contribution in [0.25, 0.3) is 0 Å². The Morgan fingerprint density at radius 2 is 2.40 bits per heavy atom. The quantitative estimate of drug-likeness (QED) is 0.742. The molecule has 0 spiro atoms. The van der Waals surface area contributed by atoms with Gasteiger partial charge in [0.2, 0.25) is 0 Å². The Kier molecular flexibility index (Phi) is 3.35. The molecule has 2 heterocycles. The Balaban J connectivity index is 2.04. The van der Waals surface area contributed by atoms with Gasteiger partial charge in [-0.25, -0.2) is 4.98 Å². The zero-order valence-electron chi connectivity index (χ0n) is 9.04. The fourth-order valence-corrected chi connectivity index (χ4v) is 2.18. The Bertz CT molecular complexity index is 288. The second-order valence-electron chi connectivity index (χ2n) is 3.90. The summed E-state index contributed by atoms with van der Waals surface area (Å²) in [6.45, 7) is 3.58. The zero-order chi connectivity index (χ0) is 10.7.